The number of nitrogens with one attached hydrogen (secondary N) is 1. The number of fused-ring (bicyclic) bond motifs is 1. The van der Waals surface area contributed by atoms with Crippen molar-refractivity contribution in [3.63, 3.8) is 0 Å². The molecule has 90 valence electrons. The van der Waals surface area contributed by atoms with Crippen LogP contribution >= 0.6 is 0 Å². The van der Waals surface area contributed by atoms with E-state index in [0.29, 0.717) is 17.9 Å². The minimum absolute atomic E-state index is 0.0523. The topological polar surface area (TPSA) is 75.6 Å². The Kier molecular flexibility index (Phi) is 3.27. The molecule has 0 bridgehead atoms. The molecule has 0 aliphatic carbocycles. The molecule has 0 saturated carbocycles. The molecule has 1 aromatic carbocycles. The zero-order chi connectivity index (χ0) is 12.3. The molecule has 17 heavy (non-hydrogen) atoms. The molecule has 1 heterocycles. The van der Waals surface area contributed by atoms with Crippen molar-refractivity contribution in [1.82, 2.24) is 5.32 Å². The van der Waals surface area contributed by atoms with Gasteiger partial charge in [-0.05, 0) is 24.1 Å². The van der Waals surface area contributed by atoms with Crippen molar-refractivity contribution in [3.8, 4) is 5.75 Å². The Balaban J connectivity index is 2.07. The van der Waals surface area contributed by atoms with Crippen LogP contribution in [0.3, 0.4) is 0 Å². The number of carbonyl (C=O) groups excluding carboxylic acids is 1. The maximum atomic E-state index is 11.6. The van der Waals surface area contributed by atoms with Gasteiger partial charge in [0.15, 0.2) is 0 Å². The fourth-order valence-corrected chi connectivity index (χ4v) is 1.74. The van der Waals surface area contributed by atoms with Gasteiger partial charge in [0.05, 0.1) is 13.0 Å². The summed E-state index contributed by atoms with van der Waals surface area (Å²) < 4.78 is 5.27. The molecule has 1 aliphatic rings. The predicted molar refractivity (Wildman–Crippen MR) is 60.2 cm³/mol. The number of aliphatic carboxylic acids is 1. The zero-order valence-corrected chi connectivity index (χ0v) is 9.23. The van der Waals surface area contributed by atoms with Gasteiger partial charge in [-0.1, -0.05) is 6.07 Å². The Morgan fingerprint density at radius 1 is 1.47 bits per heavy atom. The number of hydrogen-bond acceptors (Lipinski definition) is 3. The van der Waals surface area contributed by atoms with Gasteiger partial charge in [0.2, 0.25) is 0 Å². The smallest absolute Gasteiger partial charge is 0.306 e. The van der Waals surface area contributed by atoms with Crippen LogP contribution in [0.25, 0.3) is 0 Å². The van der Waals surface area contributed by atoms with Crippen LogP contribution in [0.5, 0.6) is 5.75 Å². The number of hydrogen-bond donors (Lipinski definition) is 2. The van der Waals surface area contributed by atoms with Crippen LogP contribution < -0.4 is 10.1 Å². The lowest BCUT2D eigenvalue weighted by Crippen LogP contribution is -2.31. The summed E-state index contributed by atoms with van der Waals surface area (Å²) in [7, 11) is 0. The molecular weight excluding hydrogens is 222 g/mol. The molecule has 0 atom stereocenters. The summed E-state index contributed by atoms with van der Waals surface area (Å²) in [5, 5.41) is 11.2. The minimum atomic E-state index is -0.902. The summed E-state index contributed by atoms with van der Waals surface area (Å²) in [4.78, 5) is 21.9. The SMILES string of the molecule is O=C(O)CCOc1ccc2c(c1)C(=O)NCC2. The molecule has 1 amide bonds. The maximum absolute atomic E-state index is 11.6. The highest BCUT2D eigenvalue weighted by Crippen LogP contribution is 2.20. The van der Waals surface area contributed by atoms with Gasteiger partial charge in [-0.15, -0.1) is 0 Å². The van der Waals surface area contributed by atoms with Crippen LogP contribution in [0.4, 0.5) is 0 Å². The molecule has 0 radical (unpaired) electrons. The Bertz CT molecular complexity index is 456. The van der Waals surface area contributed by atoms with Gasteiger partial charge in [0.25, 0.3) is 5.91 Å². The maximum Gasteiger partial charge on any atom is 0.306 e. The molecule has 1 aliphatic heterocycles. The summed E-state index contributed by atoms with van der Waals surface area (Å²) in [6.45, 7) is 0.765. The second-order valence-corrected chi connectivity index (χ2v) is 3.82. The highest BCUT2D eigenvalue weighted by Gasteiger charge is 2.16. The molecule has 0 spiro atoms. The van der Waals surface area contributed by atoms with Crippen LogP contribution in [0.2, 0.25) is 0 Å². The number of carbonyl (C=O) groups is 2. The third kappa shape index (κ3) is 2.75. The molecule has 5 heteroatoms. The summed E-state index contributed by atoms with van der Waals surface area (Å²) in [5.41, 5.74) is 1.61. The molecule has 0 saturated heterocycles. The first-order valence-corrected chi connectivity index (χ1v) is 5.42. The van der Waals surface area contributed by atoms with Crippen molar-refractivity contribution in [1.29, 1.82) is 0 Å². The van der Waals surface area contributed by atoms with Gasteiger partial charge >= 0.3 is 5.97 Å². The standard InChI is InChI=1S/C12H13NO4/c14-11(15)4-6-17-9-2-1-8-3-5-13-12(16)10(8)7-9/h1-2,7H,3-6H2,(H,13,16)(H,14,15). The first-order chi connectivity index (χ1) is 8.16. The third-order valence-corrected chi connectivity index (χ3v) is 2.59. The van der Waals surface area contributed by atoms with E-state index in [2.05, 4.69) is 5.32 Å². The van der Waals surface area contributed by atoms with Crippen molar-refractivity contribution in [2.45, 2.75) is 12.8 Å². The zero-order valence-electron chi connectivity index (χ0n) is 9.23. The van der Waals surface area contributed by atoms with E-state index in [9.17, 15) is 9.59 Å². The first-order valence-electron chi connectivity index (χ1n) is 5.42. The summed E-state index contributed by atoms with van der Waals surface area (Å²) >= 11 is 0. The lowest BCUT2D eigenvalue weighted by molar-refractivity contribution is -0.137. The number of ether oxygens (including phenoxy) is 1. The average molecular weight is 235 g/mol. The van der Waals surface area contributed by atoms with Crippen LogP contribution in [-0.2, 0) is 11.2 Å². The lowest BCUT2D eigenvalue weighted by Gasteiger charge is -2.17. The van der Waals surface area contributed by atoms with Crippen molar-refractivity contribution in [3.05, 3.63) is 29.3 Å². The highest BCUT2D eigenvalue weighted by atomic mass is 16.5. The van der Waals surface area contributed by atoms with Crippen molar-refractivity contribution < 1.29 is 19.4 Å². The van der Waals surface area contributed by atoms with Gasteiger partial charge in [0, 0.05) is 12.1 Å². The summed E-state index contributed by atoms with van der Waals surface area (Å²) in [6, 6.07) is 5.27. The van der Waals surface area contributed by atoms with E-state index in [1.54, 1.807) is 12.1 Å². The van der Waals surface area contributed by atoms with Crippen LogP contribution in [0, 0.1) is 0 Å². The molecule has 0 aromatic heterocycles. The number of rotatable bonds is 4. The Morgan fingerprint density at radius 3 is 3.06 bits per heavy atom. The van der Waals surface area contributed by atoms with E-state index in [1.807, 2.05) is 6.07 Å². The second kappa shape index (κ2) is 4.86. The highest BCUT2D eigenvalue weighted by molar-refractivity contribution is 5.97. The van der Waals surface area contributed by atoms with E-state index >= 15 is 0 Å². The first kappa shape index (κ1) is 11.4. The van der Waals surface area contributed by atoms with Gasteiger partial charge in [-0.3, -0.25) is 9.59 Å². The lowest BCUT2D eigenvalue weighted by atomic mass is 10.0. The molecule has 0 fully saturated rings. The second-order valence-electron chi connectivity index (χ2n) is 3.82. The van der Waals surface area contributed by atoms with Crippen molar-refractivity contribution >= 4 is 11.9 Å². The summed E-state index contributed by atoms with van der Waals surface area (Å²) in [6.07, 6.45) is 0.764. The molecule has 1 aromatic rings. The van der Waals surface area contributed by atoms with Gasteiger partial charge in [-0.2, -0.15) is 0 Å². The fraction of sp³-hybridized carbons (Fsp3) is 0.333. The largest absolute Gasteiger partial charge is 0.493 e. The normalized spacial score (nSPS) is 13.8. The fourth-order valence-electron chi connectivity index (χ4n) is 1.74. The van der Waals surface area contributed by atoms with E-state index < -0.39 is 5.97 Å². The Hall–Kier alpha value is -2.04. The Labute approximate surface area is 98.4 Å². The third-order valence-electron chi connectivity index (χ3n) is 2.59. The monoisotopic (exact) mass is 235 g/mol. The van der Waals surface area contributed by atoms with Gasteiger partial charge < -0.3 is 15.2 Å². The van der Waals surface area contributed by atoms with E-state index in [-0.39, 0.29) is 18.9 Å². The average Bonchev–Trinajstić information content (AvgIpc) is 2.30. The van der Waals surface area contributed by atoms with Gasteiger partial charge in [0.1, 0.15) is 5.75 Å². The molecular formula is C12H13NO4. The van der Waals surface area contributed by atoms with Crippen LogP contribution in [0.1, 0.15) is 22.3 Å². The molecule has 5 nitrogen and oxygen atoms in total. The quantitative estimate of drug-likeness (QED) is 0.810. The van der Waals surface area contributed by atoms with Crippen LogP contribution in [0.15, 0.2) is 18.2 Å². The van der Waals surface area contributed by atoms with Crippen LogP contribution in [-0.4, -0.2) is 30.1 Å². The van der Waals surface area contributed by atoms with E-state index in [0.717, 1.165) is 12.0 Å². The minimum Gasteiger partial charge on any atom is -0.493 e. The number of amides is 1. The van der Waals surface area contributed by atoms with Crippen molar-refractivity contribution in [2.75, 3.05) is 13.2 Å². The van der Waals surface area contributed by atoms with E-state index in [1.165, 1.54) is 0 Å². The molecule has 2 N–H and O–H groups in total. The molecule has 0 unspecified atom stereocenters. The predicted octanol–water partition coefficient (Wildman–Crippen LogP) is 0.826. The molecule has 2 rings (SSSR count). The number of carboxylic acids is 1. The summed E-state index contributed by atoms with van der Waals surface area (Å²) in [5.74, 6) is -0.474. The number of carboxylic acid groups (broad SMARTS) is 1. The van der Waals surface area contributed by atoms with Crippen molar-refractivity contribution in [2.24, 2.45) is 0 Å². The Morgan fingerprint density at radius 2 is 2.29 bits per heavy atom. The number of benzene rings is 1. The van der Waals surface area contributed by atoms with E-state index in [4.69, 9.17) is 9.84 Å². The van der Waals surface area contributed by atoms with Gasteiger partial charge in [-0.25, -0.2) is 0 Å².